The fraction of sp³-hybridized carbons (Fsp3) is 0.528. The van der Waals surface area contributed by atoms with Gasteiger partial charge in [-0.25, -0.2) is 9.59 Å². The van der Waals surface area contributed by atoms with Gasteiger partial charge in [-0.2, -0.15) is 0 Å². The van der Waals surface area contributed by atoms with Crippen LogP contribution in [0.25, 0.3) is 0 Å². The number of benzene rings is 2. The minimum Gasteiger partial charge on any atom is -0.458 e. The maximum atomic E-state index is 14.6. The highest BCUT2D eigenvalue weighted by Crippen LogP contribution is 2.30. The minimum atomic E-state index is -1.43. The number of primary amides is 1. The van der Waals surface area contributed by atoms with E-state index >= 15 is 0 Å². The summed E-state index contributed by atoms with van der Waals surface area (Å²) in [4.78, 5) is 68.8. The molecule has 0 saturated carbocycles. The molecule has 11 heteroatoms. The van der Waals surface area contributed by atoms with Gasteiger partial charge in [-0.05, 0) is 85.4 Å². The molecule has 258 valence electrons. The first-order valence-electron chi connectivity index (χ1n) is 16.0. The van der Waals surface area contributed by atoms with Crippen molar-refractivity contribution in [3.8, 4) is 0 Å². The molecule has 0 fully saturated rings. The van der Waals surface area contributed by atoms with Crippen molar-refractivity contribution in [2.45, 2.75) is 124 Å². The number of esters is 1. The third-order valence-corrected chi connectivity index (χ3v) is 7.25. The van der Waals surface area contributed by atoms with Crippen LogP contribution in [0.3, 0.4) is 0 Å². The van der Waals surface area contributed by atoms with Crippen LogP contribution in [0.5, 0.6) is 0 Å². The van der Waals surface area contributed by atoms with Crippen LogP contribution in [0.15, 0.2) is 48.5 Å². The molecule has 4 amide bonds. The molecule has 2 aromatic carbocycles. The van der Waals surface area contributed by atoms with Crippen molar-refractivity contribution >= 4 is 29.8 Å². The van der Waals surface area contributed by atoms with E-state index < -0.39 is 71.6 Å². The lowest BCUT2D eigenvalue weighted by atomic mass is 9.94. The van der Waals surface area contributed by atoms with Crippen LogP contribution >= 0.6 is 0 Å². The van der Waals surface area contributed by atoms with Crippen molar-refractivity contribution in [2.24, 2.45) is 5.73 Å². The number of hydrogen-bond donors (Lipinski definition) is 3. The molecular weight excluding hydrogens is 600 g/mol. The van der Waals surface area contributed by atoms with Gasteiger partial charge in [0.15, 0.2) is 0 Å². The Balaban J connectivity index is 2.69. The van der Waals surface area contributed by atoms with Gasteiger partial charge in [0.25, 0.3) is 0 Å². The Morgan fingerprint density at radius 3 is 1.96 bits per heavy atom. The minimum absolute atomic E-state index is 0.142. The number of ether oxygens (including phenoxy) is 2. The maximum absolute atomic E-state index is 14.6. The van der Waals surface area contributed by atoms with Crippen LogP contribution in [0.1, 0.15) is 96.5 Å². The van der Waals surface area contributed by atoms with E-state index in [1.807, 2.05) is 63.2 Å². The van der Waals surface area contributed by atoms with Crippen LogP contribution in [0.4, 0.5) is 4.79 Å². The third-order valence-electron chi connectivity index (χ3n) is 7.25. The number of nitrogens with zero attached hydrogens (tertiary/aromatic N) is 1. The van der Waals surface area contributed by atoms with Gasteiger partial charge in [0.1, 0.15) is 29.3 Å². The number of hydrogen-bond acceptors (Lipinski definition) is 7. The lowest BCUT2D eigenvalue weighted by Gasteiger charge is -2.39. The molecule has 0 spiro atoms. The van der Waals surface area contributed by atoms with E-state index in [0.29, 0.717) is 12.0 Å². The van der Waals surface area contributed by atoms with Gasteiger partial charge in [-0.3, -0.25) is 14.4 Å². The smallest absolute Gasteiger partial charge is 0.408 e. The van der Waals surface area contributed by atoms with E-state index in [1.54, 1.807) is 54.5 Å². The number of carbonyl (C=O) groups excluding carboxylic acids is 5. The second-order valence-electron chi connectivity index (χ2n) is 13.9. The van der Waals surface area contributed by atoms with Crippen LogP contribution in [-0.2, 0) is 35.1 Å². The highest BCUT2D eigenvalue weighted by Gasteiger charge is 2.41. The SMILES string of the molecule is CCC(C)N(C(=O)C(CC(N)=O)NC(=O)OC(C)(C)C)C(C(=O)NC(Cc1ccccc1)C(=O)OC(C)(C)C)c1ccc(C)cc1C. The fourth-order valence-electron chi connectivity index (χ4n) is 5.04. The Kier molecular flexibility index (Phi) is 13.5. The van der Waals surface area contributed by atoms with Gasteiger partial charge in [0, 0.05) is 12.5 Å². The van der Waals surface area contributed by atoms with Crippen molar-refractivity contribution in [2.75, 3.05) is 0 Å². The molecule has 2 aromatic rings. The summed E-state index contributed by atoms with van der Waals surface area (Å²) in [5.74, 6) is -2.80. The van der Waals surface area contributed by atoms with Gasteiger partial charge >= 0.3 is 12.1 Å². The lowest BCUT2D eigenvalue weighted by molar-refractivity contribution is -0.159. The number of rotatable bonds is 13. The molecule has 4 unspecified atom stereocenters. The molecule has 0 aliphatic carbocycles. The largest absolute Gasteiger partial charge is 0.458 e. The summed E-state index contributed by atoms with van der Waals surface area (Å²) >= 11 is 0. The van der Waals surface area contributed by atoms with Crippen molar-refractivity contribution in [3.63, 3.8) is 0 Å². The normalized spacial score (nSPS) is 14.2. The van der Waals surface area contributed by atoms with Crippen LogP contribution < -0.4 is 16.4 Å². The summed E-state index contributed by atoms with van der Waals surface area (Å²) in [6, 6.07) is 10.4. The topological polar surface area (TPSA) is 157 Å². The van der Waals surface area contributed by atoms with E-state index in [-0.39, 0.29) is 6.42 Å². The van der Waals surface area contributed by atoms with E-state index in [1.165, 1.54) is 4.90 Å². The summed E-state index contributed by atoms with van der Waals surface area (Å²) in [5.41, 5.74) is 6.81. The van der Waals surface area contributed by atoms with Gasteiger partial charge in [-0.15, -0.1) is 0 Å². The highest BCUT2D eigenvalue weighted by atomic mass is 16.6. The molecule has 47 heavy (non-hydrogen) atoms. The standard InChI is InChI=1S/C36H52N4O7/c1-11-24(4)40(32(43)27(21-29(37)41)39-34(45)47-36(8,9)10)30(26-18-17-22(2)19-23(26)3)31(42)38-28(33(44)46-35(5,6)7)20-25-15-13-12-14-16-25/h12-19,24,27-28,30H,11,20-21H2,1-10H3,(H2,37,41)(H,38,42)(H,39,45). The summed E-state index contributed by atoms with van der Waals surface area (Å²) in [5, 5.41) is 5.37. The maximum Gasteiger partial charge on any atom is 0.408 e. The number of nitrogens with two attached hydrogens (primary N) is 1. The average molecular weight is 653 g/mol. The van der Waals surface area contributed by atoms with E-state index in [4.69, 9.17) is 15.2 Å². The Hall–Kier alpha value is -4.41. The molecule has 0 radical (unpaired) electrons. The van der Waals surface area contributed by atoms with Crippen LogP contribution in [0.2, 0.25) is 0 Å². The second kappa shape index (κ2) is 16.4. The average Bonchev–Trinajstić information content (AvgIpc) is 2.93. The summed E-state index contributed by atoms with van der Waals surface area (Å²) in [7, 11) is 0. The zero-order valence-electron chi connectivity index (χ0n) is 29.4. The monoisotopic (exact) mass is 652 g/mol. The molecule has 0 saturated heterocycles. The lowest BCUT2D eigenvalue weighted by Crippen LogP contribution is -2.57. The zero-order chi connectivity index (χ0) is 35.7. The first-order valence-corrected chi connectivity index (χ1v) is 16.0. The molecule has 4 N–H and O–H groups in total. The Morgan fingerprint density at radius 1 is 0.851 bits per heavy atom. The van der Waals surface area contributed by atoms with Crippen molar-refractivity contribution < 1.29 is 33.4 Å². The van der Waals surface area contributed by atoms with Crippen molar-refractivity contribution in [1.29, 1.82) is 0 Å². The second-order valence-corrected chi connectivity index (χ2v) is 13.9. The Morgan fingerprint density at radius 2 is 1.45 bits per heavy atom. The molecule has 0 aromatic heterocycles. The first-order chi connectivity index (χ1) is 21.7. The molecule has 0 aliphatic rings. The molecule has 11 nitrogen and oxygen atoms in total. The highest BCUT2D eigenvalue weighted by molar-refractivity contribution is 5.96. The first kappa shape index (κ1) is 38.8. The molecule has 0 aliphatic heterocycles. The van der Waals surface area contributed by atoms with Gasteiger partial charge < -0.3 is 30.7 Å². The number of amides is 4. The number of alkyl carbamates (subject to hydrolysis) is 1. The zero-order valence-corrected chi connectivity index (χ0v) is 29.4. The summed E-state index contributed by atoms with van der Waals surface area (Å²) in [6.45, 7) is 17.6. The Bertz CT molecular complexity index is 1410. The van der Waals surface area contributed by atoms with Crippen LogP contribution in [-0.4, -0.2) is 64.0 Å². The van der Waals surface area contributed by atoms with Crippen molar-refractivity contribution in [1.82, 2.24) is 15.5 Å². The predicted molar refractivity (Wildman–Crippen MR) is 180 cm³/mol. The number of aryl methyl sites for hydroxylation is 2. The number of carbonyl (C=O) groups is 5. The Labute approximate surface area is 278 Å². The summed E-state index contributed by atoms with van der Waals surface area (Å²) < 4.78 is 11.1. The molecular formula is C36H52N4O7. The fourth-order valence-corrected chi connectivity index (χ4v) is 5.04. The summed E-state index contributed by atoms with van der Waals surface area (Å²) in [6.07, 6.45) is -0.874. The molecule has 4 atom stereocenters. The van der Waals surface area contributed by atoms with Crippen LogP contribution in [0, 0.1) is 13.8 Å². The predicted octanol–water partition coefficient (Wildman–Crippen LogP) is 4.81. The molecule has 2 rings (SSSR count). The number of nitrogens with one attached hydrogen (secondary N) is 2. The quantitative estimate of drug-likeness (QED) is 0.262. The van der Waals surface area contributed by atoms with Gasteiger partial charge in [-0.1, -0.05) is 61.0 Å². The van der Waals surface area contributed by atoms with E-state index in [9.17, 15) is 24.0 Å². The van der Waals surface area contributed by atoms with Gasteiger partial charge in [0.2, 0.25) is 17.7 Å². The molecule has 0 bridgehead atoms. The third kappa shape index (κ3) is 12.4. The molecule has 0 heterocycles. The van der Waals surface area contributed by atoms with E-state index in [2.05, 4.69) is 10.6 Å². The van der Waals surface area contributed by atoms with E-state index in [0.717, 1.165) is 16.7 Å². The van der Waals surface area contributed by atoms with Crippen molar-refractivity contribution in [3.05, 3.63) is 70.8 Å². The van der Waals surface area contributed by atoms with Gasteiger partial charge in [0.05, 0.1) is 6.42 Å².